The van der Waals surface area contributed by atoms with Gasteiger partial charge in [-0.3, -0.25) is 4.79 Å². The molecule has 0 spiro atoms. The number of aromatic nitrogens is 8. The number of hydrogen-bond donors (Lipinski definition) is 1. The van der Waals surface area contributed by atoms with Gasteiger partial charge in [-0.25, -0.2) is 37.7 Å². The van der Waals surface area contributed by atoms with Gasteiger partial charge >= 0.3 is 11.9 Å². The molecule has 6 aliphatic heterocycles. The molecule has 2 saturated heterocycles. The third kappa shape index (κ3) is 8.34. The summed E-state index contributed by atoms with van der Waals surface area (Å²) in [6.07, 6.45) is 13.8. The lowest BCUT2D eigenvalue weighted by molar-refractivity contribution is -0.0438. The summed E-state index contributed by atoms with van der Waals surface area (Å²) in [6, 6.07) is 10.4. The van der Waals surface area contributed by atoms with Gasteiger partial charge in [0.05, 0.1) is 34.6 Å². The minimum absolute atomic E-state index is 0.0343. The molecule has 20 heteroatoms. The Morgan fingerprint density at radius 3 is 1.94 bits per heavy atom. The number of imidazole rings is 2. The third-order valence-electron chi connectivity index (χ3n) is 13.9. The number of halogens is 4. The van der Waals surface area contributed by atoms with Gasteiger partial charge < -0.3 is 33.2 Å². The molecule has 16 nitrogen and oxygen atoms in total. The molecule has 3 unspecified atom stereocenters. The number of hydrogen-bond acceptors (Lipinski definition) is 12. The number of nitrogens with zero attached hydrogens (tertiary/aromatic N) is 8. The third-order valence-corrected chi connectivity index (χ3v) is 15.1. The summed E-state index contributed by atoms with van der Waals surface area (Å²) in [5, 5.41) is 20.2. The van der Waals surface area contributed by atoms with Crippen LogP contribution in [0.4, 0.5) is 8.78 Å². The van der Waals surface area contributed by atoms with E-state index in [1.807, 2.05) is 9.13 Å². The molecule has 4 aromatic heterocycles. The van der Waals surface area contributed by atoms with Crippen LogP contribution >= 0.6 is 31.9 Å². The molecule has 2 aromatic carbocycles. The maximum Gasteiger partial charge on any atom is 0.358 e. The number of rotatable bonds is 7. The SMILES string of the molecule is COC(=O)c1cn2c(n1)-c1cc(Br)c(F)cc1C1CC2C1.COC(=O)c1nc2n(c1C(O)c1ccnn1C1CCCCO1)C1CC(C1)c1cc(F)c(Br)cc1-2.O=Cc1ccnn1C1CCCCO1. The van der Waals surface area contributed by atoms with Gasteiger partial charge in [0.1, 0.15) is 35.1 Å². The highest BCUT2D eigenvalue weighted by Crippen LogP contribution is 2.55. The van der Waals surface area contributed by atoms with Gasteiger partial charge in [-0.1, -0.05) is 0 Å². The summed E-state index contributed by atoms with van der Waals surface area (Å²) >= 11 is 6.52. The smallest absolute Gasteiger partial charge is 0.358 e. The largest absolute Gasteiger partial charge is 0.464 e. The van der Waals surface area contributed by atoms with E-state index in [4.69, 9.17) is 18.9 Å². The molecular formula is C48H48Br2F2N8O8. The molecule has 14 rings (SSSR count). The molecule has 0 amide bonds. The molecule has 68 heavy (non-hydrogen) atoms. The van der Waals surface area contributed by atoms with Crippen molar-refractivity contribution >= 4 is 50.1 Å². The number of ether oxygens (including phenoxy) is 4. The second-order valence-corrected chi connectivity index (χ2v) is 19.5. The van der Waals surface area contributed by atoms with E-state index in [0.29, 0.717) is 56.1 Å². The van der Waals surface area contributed by atoms with Crippen molar-refractivity contribution in [2.45, 2.75) is 107 Å². The number of carbonyl (C=O) groups is 3. The molecule has 3 atom stereocenters. The second kappa shape index (κ2) is 19.2. The van der Waals surface area contributed by atoms with Gasteiger partial charge in [-0.15, -0.1) is 0 Å². The van der Waals surface area contributed by atoms with E-state index < -0.39 is 18.0 Å². The predicted molar refractivity (Wildman–Crippen MR) is 247 cm³/mol. The van der Waals surface area contributed by atoms with Gasteiger partial charge in [0, 0.05) is 55.0 Å². The summed E-state index contributed by atoms with van der Waals surface area (Å²) in [4.78, 5) is 44.2. The van der Waals surface area contributed by atoms with Crippen LogP contribution in [0.25, 0.3) is 22.8 Å². The highest BCUT2D eigenvalue weighted by molar-refractivity contribution is 9.10. The van der Waals surface area contributed by atoms with Crippen molar-refractivity contribution in [3.8, 4) is 22.8 Å². The lowest BCUT2D eigenvalue weighted by atomic mass is 9.75. The van der Waals surface area contributed by atoms with E-state index in [0.717, 1.165) is 105 Å². The van der Waals surface area contributed by atoms with Gasteiger partial charge in [0.25, 0.3) is 0 Å². The van der Waals surface area contributed by atoms with Crippen LogP contribution < -0.4 is 0 Å². The molecule has 4 fully saturated rings. The Kier molecular flexibility index (Phi) is 13.1. The average molecular weight is 1060 g/mol. The molecule has 10 heterocycles. The van der Waals surface area contributed by atoms with Crippen molar-refractivity contribution in [3.05, 3.63) is 115 Å². The van der Waals surface area contributed by atoms with E-state index >= 15 is 0 Å². The molecule has 2 aliphatic carbocycles. The van der Waals surface area contributed by atoms with Crippen molar-refractivity contribution in [2.75, 3.05) is 27.4 Å². The van der Waals surface area contributed by atoms with Crippen molar-refractivity contribution in [2.24, 2.45) is 0 Å². The summed E-state index contributed by atoms with van der Waals surface area (Å²) in [6.45, 7) is 1.41. The number of aliphatic hydroxyl groups is 1. The molecule has 1 N–H and O–H groups in total. The topological polar surface area (TPSA) is 180 Å². The van der Waals surface area contributed by atoms with Crippen LogP contribution in [-0.2, 0) is 18.9 Å². The molecule has 8 aliphatic rings. The lowest BCUT2D eigenvalue weighted by Crippen LogP contribution is -2.28. The second-order valence-electron chi connectivity index (χ2n) is 17.8. The molecule has 356 valence electrons. The minimum Gasteiger partial charge on any atom is -0.464 e. The van der Waals surface area contributed by atoms with E-state index in [9.17, 15) is 28.3 Å². The van der Waals surface area contributed by atoms with Gasteiger partial charge in [0.2, 0.25) is 0 Å². The molecule has 0 radical (unpaired) electrons. The maximum atomic E-state index is 14.4. The maximum absolute atomic E-state index is 14.4. The van der Waals surface area contributed by atoms with E-state index in [-0.39, 0.29) is 41.7 Å². The minimum atomic E-state index is -1.17. The Hall–Kier alpha value is -5.41. The van der Waals surface area contributed by atoms with Crippen LogP contribution in [0.3, 0.4) is 0 Å². The highest BCUT2D eigenvalue weighted by atomic mass is 79.9. The predicted octanol–water partition coefficient (Wildman–Crippen LogP) is 9.71. The Balaban J connectivity index is 0.000000134. The van der Waals surface area contributed by atoms with Gasteiger partial charge in [-0.05, 0) is 155 Å². The van der Waals surface area contributed by atoms with Crippen LogP contribution in [0.2, 0.25) is 0 Å². The monoisotopic (exact) mass is 1060 g/mol. The first-order valence-electron chi connectivity index (χ1n) is 22.8. The van der Waals surface area contributed by atoms with E-state index in [2.05, 4.69) is 52.0 Å². The fourth-order valence-electron chi connectivity index (χ4n) is 10.3. The fourth-order valence-corrected chi connectivity index (χ4v) is 11.0. The van der Waals surface area contributed by atoms with Crippen LogP contribution in [-0.4, -0.2) is 89.4 Å². The number of benzene rings is 2. The van der Waals surface area contributed by atoms with Crippen LogP contribution in [0, 0.1) is 11.6 Å². The first kappa shape index (κ1) is 46.3. The Labute approximate surface area is 406 Å². The van der Waals surface area contributed by atoms with Gasteiger partial charge in [-0.2, -0.15) is 10.2 Å². The normalized spacial score (nSPS) is 23.1. The quantitative estimate of drug-likeness (QED) is 0.118. The zero-order valence-corrected chi connectivity index (χ0v) is 40.4. The number of carbonyl (C=O) groups excluding carboxylic acids is 3. The summed E-state index contributed by atoms with van der Waals surface area (Å²) in [7, 11) is 2.63. The average Bonchev–Trinajstić information content (AvgIpc) is 4.14. The number of esters is 2. The summed E-state index contributed by atoms with van der Waals surface area (Å²) in [5.74, 6) is 0.166. The molecule has 2 saturated carbocycles. The summed E-state index contributed by atoms with van der Waals surface area (Å²) < 4.78 is 57.5. The molecular weight excluding hydrogens is 1010 g/mol. The molecule has 6 aromatic rings. The molecule has 4 bridgehead atoms. The Morgan fingerprint density at radius 1 is 0.779 bits per heavy atom. The number of methoxy groups -OCH3 is 2. The number of aliphatic hydroxyl groups excluding tert-OH is 1. The lowest BCUT2D eigenvalue weighted by Gasteiger charge is -2.36. The van der Waals surface area contributed by atoms with Crippen molar-refractivity contribution in [3.63, 3.8) is 0 Å². The van der Waals surface area contributed by atoms with Crippen molar-refractivity contribution < 1.29 is 47.2 Å². The first-order chi connectivity index (χ1) is 33.0. The standard InChI is InChI=1S/C24H24BrFN4O4.C15H12BrFN2O2.C9H12N2O2/c1-33-24(32)20-21(22(31)18-5-6-27-30(18)19-4-2-3-7-34-19)29-13-8-12(9-13)14-11-17(26)16(25)10-15(14)23(29)28-20;1-21-15(20)13-6-19-8-2-7(3-8)9-5-12(17)11(16)4-10(9)14(19)18-13;12-7-8-4-5-10-11(8)9-3-1-2-6-13-9/h5-6,10-13,19,22,31H,2-4,7-9H2,1H3;4-8H,2-3H2,1H3;4-5,7,9H,1-3,6H2. The number of aldehydes is 1. The Bertz CT molecular complexity index is 2890. The summed E-state index contributed by atoms with van der Waals surface area (Å²) in [5.41, 5.74) is 5.34. The highest BCUT2D eigenvalue weighted by Gasteiger charge is 2.44. The van der Waals surface area contributed by atoms with Gasteiger partial charge in [0.15, 0.2) is 30.1 Å². The zero-order valence-electron chi connectivity index (χ0n) is 37.2. The van der Waals surface area contributed by atoms with E-state index in [1.165, 1.54) is 14.2 Å². The van der Waals surface area contributed by atoms with Crippen LogP contribution in [0.1, 0.15) is 161 Å². The van der Waals surface area contributed by atoms with Crippen LogP contribution in [0.15, 0.2) is 63.9 Å². The first-order valence-corrected chi connectivity index (χ1v) is 24.4. The van der Waals surface area contributed by atoms with E-state index in [1.54, 1.807) is 64.4 Å². The Morgan fingerprint density at radius 2 is 1.35 bits per heavy atom. The van der Waals surface area contributed by atoms with Crippen LogP contribution in [0.5, 0.6) is 0 Å². The van der Waals surface area contributed by atoms with Crippen molar-refractivity contribution in [1.29, 1.82) is 0 Å². The fraction of sp³-hybridized carbons (Fsp3) is 0.438. The zero-order chi connectivity index (χ0) is 47.4. The van der Waals surface area contributed by atoms with Crippen molar-refractivity contribution in [1.82, 2.24) is 38.7 Å².